The van der Waals surface area contributed by atoms with Gasteiger partial charge in [0.15, 0.2) is 0 Å². The van der Waals surface area contributed by atoms with Gasteiger partial charge in [0.05, 0.1) is 6.61 Å². The first kappa shape index (κ1) is 11.4. The van der Waals surface area contributed by atoms with Crippen LogP contribution in [0.25, 0.3) is 0 Å². The SMILES string of the molecule is CCOc1ccc(C2C(=O)NC(=O)N2C)cc1. The molecule has 0 bridgehead atoms. The molecule has 1 fully saturated rings. The molecule has 1 saturated heterocycles. The smallest absolute Gasteiger partial charge is 0.324 e. The number of urea groups is 1. The molecule has 3 amide bonds. The number of hydrogen-bond donors (Lipinski definition) is 1. The third kappa shape index (κ3) is 2.08. The van der Waals surface area contributed by atoms with Gasteiger partial charge in [-0.1, -0.05) is 12.1 Å². The third-order valence-corrected chi connectivity index (χ3v) is 2.69. The zero-order valence-electron chi connectivity index (χ0n) is 9.77. The van der Waals surface area contributed by atoms with Gasteiger partial charge in [0.2, 0.25) is 0 Å². The molecule has 0 aromatic heterocycles. The highest BCUT2D eigenvalue weighted by Crippen LogP contribution is 2.25. The van der Waals surface area contributed by atoms with Crippen LogP contribution in [0.2, 0.25) is 0 Å². The lowest BCUT2D eigenvalue weighted by molar-refractivity contribution is -0.121. The maximum absolute atomic E-state index is 11.6. The van der Waals surface area contributed by atoms with E-state index in [9.17, 15) is 9.59 Å². The van der Waals surface area contributed by atoms with Gasteiger partial charge >= 0.3 is 6.03 Å². The van der Waals surface area contributed by atoms with Crippen molar-refractivity contribution >= 4 is 11.9 Å². The van der Waals surface area contributed by atoms with E-state index in [1.54, 1.807) is 31.3 Å². The monoisotopic (exact) mass is 234 g/mol. The molecule has 17 heavy (non-hydrogen) atoms. The molecule has 1 aromatic carbocycles. The summed E-state index contributed by atoms with van der Waals surface area (Å²) in [6.45, 7) is 2.51. The number of nitrogens with zero attached hydrogens (tertiary/aromatic N) is 1. The standard InChI is InChI=1S/C12H14N2O3/c1-3-17-9-6-4-8(5-7-9)10-11(15)13-12(16)14(10)2/h4-7,10H,3H2,1-2H3,(H,13,15,16). The minimum Gasteiger partial charge on any atom is -0.494 e. The molecule has 2 rings (SSSR count). The Morgan fingerprint density at radius 2 is 1.94 bits per heavy atom. The van der Waals surface area contributed by atoms with Crippen molar-refractivity contribution < 1.29 is 14.3 Å². The summed E-state index contributed by atoms with van der Waals surface area (Å²) >= 11 is 0. The van der Waals surface area contributed by atoms with Gasteiger partial charge in [0.1, 0.15) is 11.8 Å². The molecule has 1 atom stereocenters. The van der Waals surface area contributed by atoms with Crippen LogP contribution in [-0.2, 0) is 4.79 Å². The summed E-state index contributed by atoms with van der Waals surface area (Å²) in [6.07, 6.45) is 0. The lowest BCUT2D eigenvalue weighted by atomic mass is 10.1. The second-order valence-electron chi connectivity index (χ2n) is 3.81. The molecule has 0 aliphatic carbocycles. The Bertz CT molecular complexity index is 442. The Hall–Kier alpha value is -2.04. The fourth-order valence-electron chi connectivity index (χ4n) is 1.84. The largest absolute Gasteiger partial charge is 0.494 e. The first-order valence-corrected chi connectivity index (χ1v) is 5.44. The molecule has 1 aliphatic rings. The van der Waals surface area contributed by atoms with E-state index < -0.39 is 6.04 Å². The topological polar surface area (TPSA) is 58.6 Å². The minimum atomic E-state index is -0.543. The van der Waals surface area contributed by atoms with Crippen LogP contribution in [0.3, 0.4) is 0 Å². The molecule has 1 N–H and O–H groups in total. The summed E-state index contributed by atoms with van der Waals surface area (Å²) in [6, 6.07) is 6.27. The molecule has 5 nitrogen and oxygen atoms in total. The first-order chi connectivity index (χ1) is 8.13. The Kier molecular flexibility index (Phi) is 2.99. The average Bonchev–Trinajstić information content (AvgIpc) is 2.55. The molecule has 1 aliphatic heterocycles. The summed E-state index contributed by atoms with van der Waals surface area (Å²) < 4.78 is 5.32. The van der Waals surface area contributed by atoms with Gasteiger partial charge in [-0.25, -0.2) is 4.79 Å². The highest BCUT2D eigenvalue weighted by atomic mass is 16.5. The van der Waals surface area contributed by atoms with Crippen molar-refractivity contribution in [1.29, 1.82) is 0 Å². The van der Waals surface area contributed by atoms with Crippen molar-refractivity contribution in [2.75, 3.05) is 13.7 Å². The van der Waals surface area contributed by atoms with E-state index in [0.717, 1.165) is 11.3 Å². The Morgan fingerprint density at radius 3 is 2.41 bits per heavy atom. The zero-order chi connectivity index (χ0) is 12.4. The van der Waals surface area contributed by atoms with E-state index in [-0.39, 0.29) is 11.9 Å². The molecular weight excluding hydrogens is 220 g/mol. The predicted molar refractivity (Wildman–Crippen MR) is 61.7 cm³/mol. The van der Waals surface area contributed by atoms with Crippen molar-refractivity contribution in [3.63, 3.8) is 0 Å². The van der Waals surface area contributed by atoms with Crippen LogP contribution in [-0.4, -0.2) is 30.5 Å². The summed E-state index contributed by atoms with van der Waals surface area (Å²) in [4.78, 5) is 24.3. The molecule has 1 heterocycles. The number of benzene rings is 1. The third-order valence-electron chi connectivity index (χ3n) is 2.69. The Balaban J connectivity index is 2.22. The second kappa shape index (κ2) is 4.45. The van der Waals surface area contributed by atoms with Crippen molar-refractivity contribution in [3.8, 4) is 5.75 Å². The molecule has 1 aromatic rings. The van der Waals surface area contributed by atoms with Crippen molar-refractivity contribution in [3.05, 3.63) is 29.8 Å². The summed E-state index contributed by atoms with van der Waals surface area (Å²) in [5.74, 6) is 0.463. The number of likely N-dealkylation sites (N-methyl/N-ethyl adjacent to an activating group) is 1. The Morgan fingerprint density at radius 1 is 1.29 bits per heavy atom. The minimum absolute atomic E-state index is 0.290. The summed E-state index contributed by atoms with van der Waals surface area (Å²) in [5.41, 5.74) is 0.777. The van der Waals surface area contributed by atoms with E-state index in [1.165, 1.54) is 4.90 Å². The number of carbonyl (C=O) groups is 2. The van der Waals surface area contributed by atoms with Gasteiger partial charge in [0, 0.05) is 7.05 Å². The summed E-state index contributed by atoms with van der Waals surface area (Å²) in [7, 11) is 1.60. The quantitative estimate of drug-likeness (QED) is 0.802. The van der Waals surface area contributed by atoms with E-state index >= 15 is 0 Å². The number of rotatable bonds is 3. The van der Waals surface area contributed by atoms with Gasteiger partial charge in [-0.05, 0) is 24.6 Å². The van der Waals surface area contributed by atoms with Crippen LogP contribution >= 0.6 is 0 Å². The second-order valence-corrected chi connectivity index (χ2v) is 3.81. The summed E-state index contributed by atoms with van der Waals surface area (Å²) in [5, 5.41) is 2.27. The van der Waals surface area contributed by atoms with Crippen LogP contribution < -0.4 is 10.1 Å². The molecule has 5 heteroatoms. The lowest BCUT2D eigenvalue weighted by Gasteiger charge is -2.16. The van der Waals surface area contributed by atoms with Gasteiger partial charge in [-0.2, -0.15) is 0 Å². The normalized spacial score (nSPS) is 19.4. The van der Waals surface area contributed by atoms with E-state index in [2.05, 4.69) is 5.32 Å². The van der Waals surface area contributed by atoms with Crippen molar-refractivity contribution in [2.45, 2.75) is 13.0 Å². The molecular formula is C12H14N2O3. The number of carbonyl (C=O) groups excluding carboxylic acids is 2. The van der Waals surface area contributed by atoms with Crippen molar-refractivity contribution in [1.82, 2.24) is 10.2 Å². The maximum atomic E-state index is 11.6. The average molecular weight is 234 g/mol. The van der Waals surface area contributed by atoms with Crippen LogP contribution in [0, 0.1) is 0 Å². The van der Waals surface area contributed by atoms with E-state index in [4.69, 9.17) is 4.74 Å². The number of hydrogen-bond acceptors (Lipinski definition) is 3. The maximum Gasteiger partial charge on any atom is 0.324 e. The predicted octanol–water partition coefficient (Wildman–Crippen LogP) is 1.31. The molecule has 90 valence electrons. The first-order valence-electron chi connectivity index (χ1n) is 5.44. The Labute approximate surface area is 99.4 Å². The van der Waals surface area contributed by atoms with Crippen molar-refractivity contribution in [2.24, 2.45) is 0 Å². The number of ether oxygens (including phenoxy) is 1. The van der Waals surface area contributed by atoms with E-state index in [1.807, 2.05) is 6.92 Å². The van der Waals surface area contributed by atoms with Crippen LogP contribution in [0.15, 0.2) is 24.3 Å². The van der Waals surface area contributed by atoms with E-state index in [0.29, 0.717) is 6.61 Å². The van der Waals surface area contributed by atoms with Crippen LogP contribution in [0.1, 0.15) is 18.5 Å². The lowest BCUT2D eigenvalue weighted by Crippen LogP contribution is -2.25. The highest BCUT2D eigenvalue weighted by Gasteiger charge is 2.36. The number of nitrogens with one attached hydrogen (secondary N) is 1. The molecule has 0 saturated carbocycles. The van der Waals surface area contributed by atoms with Gasteiger partial charge in [-0.15, -0.1) is 0 Å². The zero-order valence-corrected chi connectivity index (χ0v) is 9.77. The highest BCUT2D eigenvalue weighted by molar-refractivity contribution is 6.04. The van der Waals surface area contributed by atoms with Crippen LogP contribution in [0.5, 0.6) is 5.75 Å². The van der Waals surface area contributed by atoms with Gasteiger partial charge < -0.3 is 9.64 Å². The molecule has 0 spiro atoms. The van der Waals surface area contributed by atoms with Gasteiger partial charge in [-0.3, -0.25) is 10.1 Å². The number of imide groups is 1. The fourth-order valence-corrected chi connectivity index (χ4v) is 1.84. The molecule has 1 unspecified atom stereocenters. The fraction of sp³-hybridized carbons (Fsp3) is 0.333. The van der Waals surface area contributed by atoms with Crippen LogP contribution in [0.4, 0.5) is 4.79 Å². The number of amides is 3. The molecule has 0 radical (unpaired) electrons. The van der Waals surface area contributed by atoms with Gasteiger partial charge in [0.25, 0.3) is 5.91 Å².